The number of aryl methyl sites for hydroxylation is 2. The highest BCUT2D eigenvalue weighted by molar-refractivity contribution is 9.10. The summed E-state index contributed by atoms with van der Waals surface area (Å²) in [5.41, 5.74) is 3.86. The number of thiophene rings is 1. The lowest BCUT2D eigenvalue weighted by molar-refractivity contribution is 0.490. The third-order valence-electron chi connectivity index (χ3n) is 3.69. The largest absolute Gasteiger partial charge is 0.313 e. The Kier molecular flexibility index (Phi) is 6.45. The van der Waals surface area contributed by atoms with Crippen molar-refractivity contribution < 1.29 is 0 Å². The summed E-state index contributed by atoms with van der Waals surface area (Å²) in [6, 6.07) is 2.68. The number of hydrogen-bond acceptors (Lipinski definition) is 3. The van der Waals surface area contributed by atoms with Gasteiger partial charge in [-0.25, -0.2) is 0 Å². The highest BCUT2D eigenvalue weighted by atomic mass is 79.9. The first-order chi connectivity index (χ1) is 10.2. The second-order valence-electron chi connectivity index (χ2n) is 5.38. The molecule has 2 rings (SSSR count). The maximum Gasteiger partial charge on any atom is 0.0766 e. The van der Waals surface area contributed by atoms with Gasteiger partial charge in [0.1, 0.15) is 0 Å². The standard InChI is InChI=1S/C16H24BrN3S/c1-4-7-18-13(9-12-6-8-21-11-12)10-15-16(17)14(5-2)19-20(15)3/h6,8,11,13,18H,4-5,7,9-10H2,1-3H3. The molecule has 2 heterocycles. The molecule has 2 aromatic rings. The van der Waals surface area contributed by atoms with Gasteiger partial charge < -0.3 is 5.32 Å². The van der Waals surface area contributed by atoms with E-state index in [1.54, 1.807) is 11.3 Å². The lowest BCUT2D eigenvalue weighted by atomic mass is 10.0. The molecule has 0 saturated carbocycles. The Balaban J connectivity index is 2.12. The van der Waals surface area contributed by atoms with E-state index in [4.69, 9.17) is 0 Å². The van der Waals surface area contributed by atoms with Crippen LogP contribution >= 0.6 is 27.3 Å². The summed E-state index contributed by atoms with van der Waals surface area (Å²) in [5.74, 6) is 0. The van der Waals surface area contributed by atoms with Crippen LogP contribution < -0.4 is 5.32 Å². The minimum atomic E-state index is 0.455. The van der Waals surface area contributed by atoms with Crippen LogP contribution in [0.5, 0.6) is 0 Å². The Bertz CT molecular complexity index is 548. The first-order valence-corrected chi connectivity index (χ1v) is 9.33. The second-order valence-corrected chi connectivity index (χ2v) is 6.95. The van der Waals surface area contributed by atoms with Crippen molar-refractivity contribution in [3.05, 3.63) is 38.3 Å². The average molecular weight is 370 g/mol. The zero-order valence-electron chi connectivity index (χ0n) is 13.0. The minimum absolute atomic E-state index is 0.455. The molecule has 116 valence electrons. The molecular weight excluding hydrogens is 346 g/mol. The molecule has 1 N–H and O–H groups in total. The van der Waals surface area contributed by atoms with E-state index in [1.807, 2.05) is 11.7 Å². The Labute approximate surface area is 139 Å². The summed E-state index contributed by atoms with van der Waals surface area (Å²) in [4.78, 5) is 0. The molecule has 0 bridgehead atoms. The number of nitrogens with zero attached hydrogens (tertiary/aromatic N) is 2. The van der Waals surface area contributed by atoms with Gasteiger partial charge in [-0.3, -0.25) is 4.68 Å². The van der Waals surface area contributed by atoms with Crippen molar-refractivity contribution in [3.8, 4) is 0 Å². The molecule has 2 aromatic heterocycles. The highest BCUT2D eigenvalue weighted by Gasteiger charge is 2.18. The predicted molar refractivity (Wildman–Crippen MR) is 94.1 cm³/mol. The quantitative estimate of drug-likeness (QED) is 0.762. The summed E-state index contributed by atoms with van der Waals surface area (Å²) in [7, 11) is 2.04. The van der Waals surface area contributed by atoms with Gasteiger partial charge in [-0.2, -0.15) is 16.4 Å². The fourth-order valence-electron chi connectivity index (χ4n) is 2.53. The van der Waals surface area contributed by atoms with Gasteiger partial charge in [-0.15, -0.1) is 0 Å². The molecular formula is C16H24BrN3S. The van der Waals surface area contributed by atoms with Crippen LogP contribution in [0.4, 0.5) is 0 Å². The van der Waals surface area contributed by atoms with Crippen molar-refractivity contribution in [1.82, 2.24) is 15.1 Å². The van der Waals surface area contributed by atoms with Crippen molar-refractivity contribution in [2.45, 2.75) is 45.6 Å². The van der Waals surface area contributed by atoms with Crippen molar-refractivity contribution in [3.63, 3.8) is 0 Å². The predicted octanol–water partition coefficient (Wildman–Crippen LogP) is 3.96. The highest BCUT2D eigenvalue weighted by Crippen LogP contribution is 2.23. The minimum Gasteiger partial charge on any atom is -0.313 e. The van der Waals surface area contributed by atoms with E-state index >= 15 is 0 Å². The smallest absolute Gasteiger partial charge is 0.0766 e. The van der Waals surface area contributed by atoms with Crippen LogP contribution in [0.2, 0.25) is 0 Å². The molecule has 21 heavy (non-hydrogen) atoms. The van der Waals surface area contributed by atoms with Crippen LogP contribution in [0.25, 0.3) is 0 Å². The monoisotopic (exact) mass is 369 g/mol. The van der Waals surface area contributed by atoms with Gasteiger partial charge in [0.05, 0.1) is 15.9 Å². The van der Waals surface area contributed by atoms with E-state index in [2.05, 4.69) is 57.0 Å². The van der Waals surface area contributed by atoms with Crippen LogP contribution in [-0.4, -0.2) is 22.4 Å². The number of nitrogens with one attached hydrogen (secondary N) is 1. The van der Waals surface area contributed by atoms with Crippen molar-refractivity contribution in [2.24, 2.45) is 7.05 Å². The van der Waals surface area contributed by atoms with E-state index in [0.29, 0.717) is 6.04 Å². The summed E-state index contributed by atoms with van der Waals surface area (Å²) in [6.07, 6.45) is 4.20. The molecule has 0 aliphatic heterocycles. The number of halogens is 1. The topological polar surface area (TPSA) is 29.9 Å². The van der Waals surface area contributed by atoms with Crippen molar-refractivity contribution in [1.29, 1.82) is 0 Å². The molecule has 0 amide bonds. The zero-order chi connectivity index (χ0) is 15.2. The normalized spacial score (nSPS) is 12.8. The molecule has 0 aliphatic rings. The number of aromatic nitrogens is 2. The van der Waals surface area contributed by atoms with Crippen LogP contribution in [0.3, 0.4) is 0 Å². The molecule has 0 saturated heterocycles. The Morgan fingerprint density at radius 2 is 2.19 bits per heavy atom. The van der Waals surface area contributed by atoms with Crippen LogP contribution in [0.1, 0.15) is 37.2 Å². The molecule has 0 fully saturated rings. The molecule has 0 aliphatic carbocycles. The maximum absolute atomic E-state index is 4.60. The molecule has 0 aromatic carbocycles. The fraction of sp³-hybridized carbons (Fsp3) is 0.562. The third-order valence-corrected chi connectivity index (χ3v) is 5.34. The van der Waals surface area contributed by atoms with Gasteiger partial charge in [0.25, 0.3) is 0 Å². The molecule has 1 atom stereocenters. The lowest BCUT2D eigenvalue weighted by Crippen LogP contribution is -2.34. The van der Waals surface area contributed by atoms with Crippen LogP contribution in [-0.2, 0) is 26.3 Å². The molecule has 3 nitrogen and oxygen atoms in total. The number of hydrogen-bond donors (Lipinski definition) is 1. The fourth-order valence-corrected chi connectivity index (χ4v) is 3.99. The van der Waals surface area contributed by atoms with E-state index in [9.17, 15) is 0 Å². The van der Waals surface area contributed by atoms with Gasteiger partial charge >= 0.3 is 0 Å². The molecule has 5 heteroatoms. The first kappa shape index (κ1) is 16.7. The van der Waals surface area contributed by atoms with Gasteiger partial charge in [-0.05, 0) is 64.1 Å². The SMILES string of the molecule is CCCNC(Cc1ccsc1)Cc1c(Br)c(CC)nn1C. The maximum atomic E-state index is 4.60. The average Bonchev–Trinajstić information content (AvgIpc) is 3.07. The summed E-state index contributed by atoms with van der Waals surface area (Å²) in [6.45, 7) is 5.42. The Morgan fingerprint density at radius 1 is 1.38 bits per heavy atom. The molecule has 0 spiro atoms. The second kappa shape index (κ2) is 8.11. The van der Waals surface area contributed by atoms with Crippen molar-refractivity contribution >= 4 is 27.3 Å². The van der Waals surface area contributed by atoms with E-state index in [0.717, 1.165) is 37.9 Å². The summed E-state index contributed by atoms with van der Waals surface area (Å²) < 4.78 is 3.21. The molecule has 1 unspecified atom stereocenters. The summed E-state index contributed by atoms with van der Waals surface area (Å²) in [5, 5.41) is 12.7. The zero-order valence-corrected chi connectivity index (χ0v) is 15.4. The van der Waals surface area contributed by atoms with Gasteiger partial charge in [-0.1, -0.05) is 13.8 Å². The van der Waals surface area contributed by atoms with Gasteiger partial charge in [0, 0.05) is 19.5 Å². The first-order valence-electron chi connectivity index (χ1n) is 7.60. The van der Waals surface area contributed by atoms with E-state index in [-0.39, 0.29) is 0 Å². The Morgan fingerprint density at radius 3 is 2.76 bits per heavy atom. The van der Waals surface area contributed by atoms with Gasteiger partial charge in [0.15, 0.2) is 0 Å². The van der Waals surface area contributed by atoms with Crippen LogP contribution in [0, 0.1) is 0 Å². The van der Waals surface area contributed by atoms with Crippen LogP contribution in [0.15, 0.2) is 21.3 Å². The third kappa shape index (κ3) is 4.41. The van der Waals surface area contributed by atoms with Gasteiger partial charge in [0.2, 0.25) is 0 Å². The number of rotatable bonds is 8. The molecule has 0 radical (unpaired) electrons. The summed E-state index contributed by atoms with van der Waals surface area (Å²) >= 11 is 5.50. The lowest BCUT2D eigenvalue weighted by Gasteiger charge is -2.18. The van der Waals surface area contributed by atoms with E-state index < -0.39 is 0 Å². The van der Waals surface area contributed by atoms with Crippen molar-refractivity contribution in [2.75, 3.05) is 6.54 Å². The Hall–Kier alpha value is -0.650. The van der Waals surface area contributed by atoms with E-state index in [1.165, 1.54) is 15.7 Å².